The van der Waals surface area contributed by atoms with Crippen LogP contribution in [-0.4, -0.2) is 24.2 Å². The zero-order valence-electron chi connectivity index (χ0n) is 6.41. The van der Waals surface area contributed by atoms with Gasteiger partial charge in [-0.1, -0.05) is 0 Å². The van der Waals surface area contributed by atoms with Crippen molar-refractivity contribution in [2.24, 2.45) is 0 Å². The van der Waals surface area contributed by atoms with Gasteiger partial charge in [0.25, 0.3) is 0 Å². The molecule has 0 atom stereocenters. The second-order valence-corrected chi connectivity index (χ2v) is 2.86. The summed E-state index contributed by atoms with van der Waals surface area (Å²) in [5.74, 6) is 0.148. The molecule has 1 fully saturated rings. The molecule has 0 aromatic carbocycles. The molecule has 64 valence electrons. The maximum atomic E-state index is 10.4. The highest BCUT2D eigenvalue weighted by Crippen LogP contribution is 2.21. The number of carbonyl (C=O) groups is 1. The maximum Gasteiger partial charge on any atom is 0.371 e. The Hall–Kier alpha value is -1.29. The van der Waals surface area contributed by atoms with E-state index in [0.29, 0.717) is 5.92 Å². The monoisotopic (exact) mass is 167 g/mol. The highest BCUT2D eigenvalue weighted by atomic mass is 16.4. The molecule has 0 spiro atoms. The summed E-state index contributed by atoms with van der Waals surface area (Å²) in [6.45, 7) is 1.76. The number of aromatic carboxylic acids is 1. The second-order valence-electron chi connectivity index (χ2n) is 2.86. The van der Waals surface area contributed by atoms with Crippen LogP contribution in [0.15, 0.2) is 16.5 Å². The Labute approximate surface area is 69.2 Å². The fourth-order valence-electron chi connectivity index (χ4n) is 1.18. The standard InChI is InChI=1S/C8H9NO3/c10-8(11)7-2-1-6(12-7)5-3-9-4-5/h1-2,5,9H,3-4H2,(H,10,11). The molecule has 4 heteroatoms. The Morgan fingerprint density at radius 2 is 2.33 bits per heavy atom. The molecule has 0 amide bonds. The maximum absolute atomic E-state index is 10.4. The lowest BCUT2D eigenvalue weighted by molar-refractivity contribution is 0.0659. The molecule has 1 aliphatic rings. The van der Waals surface area contributed by atoms with Crippen molar-refractivity contribution in [2.75, 3.05) is 13.1 Å². The molecule has 1 saturated heterocycles. The molecular formula is C8H9NO3. The van der Waals surface area contributed by atoms with Crippen LogP contribution in [0.3, 0.4) is 0 Å². The van der Waals surface area contributed by atoms with E-state index in [1.807, 2.05) is 0 Å². The average Bonchev–Trinajstić information content (AvgIpc) is 2.32. The first-order chi connectivity index (χ1) is 5.77. The quantitative estimate of drug-likeness (QED) is 0.679. The number of carboxylic acids is 1. The Balaban J connectivity index is 2.17. The van der Waals surface area contributed by atoms with Crippen molar-refractivity contribution in [3.8, 4) is 0 Å². The van der Waals surface area contributed by atoms with Crippen molar-refractivity contribution in [3.63, 3.8) is 0 Å². The number of furan rings is 1. The molecule has 1 aliphatic heterocycles. The highest BCUT2D eigenvalue weighted by molar-refractivity contribution is 5.84. The number of rotatable bonds is 2. The number of carboxylic acid groups (broad SMARTS) is 1. The van der Waals surface area contributed by atoms with Gasteiger partial charge in [0.2, 0.25) is 5.76 Å². The SMILES string of the molecule is O=C(O)c1ccc(C2CNC2)o1. The Morgan fingerprint density at radius 3 is 2.75 bits per heavy atom. The van der Waals surface area contributed by atoms with Gasteiger partial charge in [-0.15, -0.1) is 0 Å². The molecule has 4 nitrogen and oxygen atoms in total. The van der Waals surface area contributed by atoms with E-state index in [9.17, 15) is 4.79 Å². The van der Waals surface area contributed by atoms with Crippen molar-refractivity contribution < 1.29 is 14.3 Å². The lowest BCUT2D eigenvalue weighted by atomic mass is 10.0. The summed E-state index contributed by atoms with van der Waals surface area (Å²) in [6.07, 6.45) is 0. The van der Waals surface area contributed by atoms with Crippen molar-refractivity contribution in [2.45, 2.75) is 5.92 Å². The minimum absolute atomic E-state index is 0.0249. The molecule has 2 N–H and O–H groups in total. The van der Waals surface area contributed by atoms with Crippen LogP contribution in [0, 0.1) is 0 Å². The van der Waals surface area contributed by atoms with Crippen LogP contribution in [0.1, 0.15) is 22.2 Å². The van der Waals surface area contributed by atoms with Crippen molar-refractivity contribution in [1.82, 2.24) is 5.32 Å². The van der Waals surface area contributed by atoms with Gasteiger partial charge >= 0.3 is 5.97 Å². The van der Waals surface area contributed by atoms with E-state index in [1.54, 1.807) is 6.07 Å². The number of nitrogens with one attached hydrogen (secondary N) is 1. The molecule has 12 heavy (non-hydrogen) atoms. The van der Waals surface area contributed by atoms with Crippen molar-refractivity contribution in [1.29, 1.82) is 0 Å². The van der Waals surface area contributed by atoms with Gasteiger partial charge in [0.1, 0.15) is 5.76 Å². The molecule has 0 radical (unpaired) electrons. The van der Waals surface area contributed by atoms with Crippen LogP contribution in [0.25, 0.3) is 0 Å². The van der Waals surface area contributed by atoms with E-state index < -0.39 is 5.97 Å². The van der Waals surface area contributed by atoms with Gasteiger partial charge in [-0.2, -0.15) is 0 Å². The topological polar surface area (TPSA) is 62.5 Å². The molecular weight excluding hydrogens is 158 g/mol. The van der Waals surface area contributed by atoms with Gasteiger partial charge in [0.05, 0.1) is 0 Å². The predicted molar refractivity (Wildman–Crippen MR) is 41.3 cm³/mol. The highest BCUT2D eigenvalue weighted by Gasteiger charge is 2.23. The van der Waals surface area contributed by atoms with Gasteiger partial charge in [0.15, 0.2) is 0 Å². The molecule has 1 aromatic rings. The lowest BCUT2D eigenvalue weighted by Gasteiger charge is -2.24. The van der Waals surface area contributed by atoms with Crippen molar-refractivity contribution >= 4 is 5.97 Å². The lowest BCUT2D eigenvalue weighted by Crippen LogP contribution is -2.39. The molecule has 2 heterocycles. The van der Waals surface area contributed by atoms with E-state index in [-0.39, 0.29) is 5.76 Å². The van der Waals surface area contributed by atoms with Crippen LogP contribution in [0.4, 0.5) is 0 Å². The fourth-order valence-corrected chi connectivity index (χ4v) is 1.18. The van der Waals surface area contributed by atoms with Crippen LogP contribution in [-0.2, 0) is 0 Å². The third-order valence-corrected chi connectivity index (χ3v) is 2.02. The zero-order chi connectivity index (χ0) is 8.55. The van der Waals surface area contributed by atoms with Gasteiger partial charge in [-0.3, -0.25) is 0 Å². The van der Waals surface area contributed by atoms with Crippen LogP contribution in [0.5, 0.6) is 0 Å². The summed E-state index contributed by atoms with van der Waals surface area (Å²) in [4.78, 5) is 10.4. The number of hydrogen-bond acceptors (Lipinski definition) is 3. The normalized spacial score (nSPS) is 17.3. The summed E-state index contributed by atoms with van der Waals surface area (Å²) in [5.41, 5.74) is 0. The Bertz CT molecular complexity index is 301. The predicted octanol–water partition coefficient (Wildman–Crippen LogP) is 0.665. The molecule has 0 aliphatic carbocycles. The van der Waals surface area contributed by atoms with Gasteiger partial charge in [0, 0.05) is 19.0 Å². The molecule has 0 unspecified atom stereocenters. The zero-order valence-corrected chi connectivity index (χ0v) is 6.41. The van der Waals surface area contributed by atoms with Crippen LogP contribution in [0.2, 0.25) is 0 Å². The summed E-state index contributed by atoms with van der Waals surface area (Å²) >= 11 is 0. The largest absolute Gasteiger partial charge is 0.475 e. The van der Waals surface area contributed by atoms with E-state index in [4.69, 9.17) is 9.52 Å². The van der Waals surface area contributed by atoms with E-state index >= 15 is 0 Å². The fraction of sp³-hybridized carbons (Fsp3) is 0.375. The number of hydrogen-bond donors (Lipinski definition) is 2. The first-order valence-corrected chi connectivity index (χ1v) is 3.81. The third kappa shape index (κ3) is 1.10. The smallest absolute Gasteiger partial charge is 0.371 e. The third-order valence-electron chi connectivity index (χ3n) is 2.02. The van der Waals surface area contributed by atoms with E-state index in [0.717, 1.165) is 18.8 Å². The molecule has 2 rings (SSSR count). The molecule has 0 saturated carbocycles. The molecule has 1 aromatic heterocycles. The van der Waals surface area contributed by atoms with Gasteiger partial charge in [-0.05, 0) is 12.1 Å². The van der Waals surface area contributed by atoms with Crippen LogP contribution >= 0.6 is 0 Å². The summed E-state index contributed by atoms with van der Waals surface area (Å²) in [5, 5.41) is 11.7. The van der Waals surface area contributed by atoms with Crippen molar-refractivity contribution in [3.05, 3.63) is 23.7 Å². The second kappa shape index (κ2) is 2.64. The van der Waals surface area contributed by atoms with E-state index in [2.05, 4.69) is 5.32 Å². The minimum atomic E-state index is -1.01. The van der Waals surface area contributed by atoms with Gasteiger partial charge < -0.3 is 14.8 Å². The summed E-state index contributed by atoms with van der Waals surface area (Å²) in [6, 6.07) is 3.23. The first kappa shape index (κ1) is 7.36. The molecule has 0 bridgehead atoms. The van der Waals surface area contributed by atoms with Crippen LogP contribution < -0.4 is 5.32 Å². The minimum Gasteiger partial charge on any atom is -0.475 e. The summed E-state index contributed by atoms with van der Waals surface area (Å²) in [7, 11) is 0. The van der Waals surface area contributed by atoms with Gasteiger partial charge in [-0.25, -0.2) is 4.79 Å². The summed E-state index contributed by atoms with van der Waals surface area (Å²) < 4.78 is 5.11. The Morgan fingerprint density at radius 1 is 1.58 bits per heavy atom. The van der Waals surface area contributed by atoms with E-state index in [1.165, 1.54) is 6.07 Å². The average molecular weight is 167 g/mol. The first-order valence-electron chi connectivity index (χ1n) is 3.81. The Kier molecular flexibility index (Phi) is 1.62.